The summed E-state index contributed by atoms with van der Waals surface area (Å²) in [6.07, 6.45) is 8.56. The van der Waals surface area contributed by atoms with Crippen LogP contribution in [0.1, 0.15) is 64.7 Å². The predicted octanol–water partition coefficient (Wildman–Crippen LogP) is 1.14. The van der Waals surface area contributed by atoms with Gasteiger partial charge in [0, 0.05) is 19.4 Å². The molecule has 0 bridgehead atoms. The Balaban J connectivity index is 3.37. The minimum Gasteiger partial charge on any atom is -0.393 e. The molecule has 0 fully saturated rings. The maximum atomic E-state index is 11.6. The zero-order valence-corrected chi connectivity index (χ0v) is 13.7. The van der Waals surface area contributed by atoms with E-state index >= 15 is 0 Å². The Labute approximate surface area is 124 Å². The molecule has 1 unspecified atom stereocenters. The van der Waals surface area contributed by atoms with E-state index in [1.807, 2.05) is 0 Å². The van der Waals surface area contributed by atoms with E-state index in [-0.39, 0.29) is 12.0 Å². The average molecular weight is 287 g/mol. The van der Waals surface area contributed by atoms with E-state index in [0.717, 1.165) is 45.2 Å². The van der Waals surface area contributed by atoms with Crippen LogP contribution >= 0.6 is 0 Å². The molecule has 0 heterocycles. The summed E-state index contributed by atoms with van der Waals surface area (Å²) in [5, 5.41) is 12.7. The zero-order chi connectivity index (χ0) is 15.2. The number of unbranched alkanes of at least 4 members (excludes halogenated alkanes) is 3. The predicted molar refractivity (Wildman–Crippen MR) is 83.9 cm³/mol. The number of aliphatic hydroxyl groups excluding tert-OH is 1. The van der Waals surface area contributed by atoms with Crippen molar-refractivity contribution in [1.82, 2.24) is 5.32 Å². The molecular weight excluding hydrogens is 252 g/mol. The number of rotatable bonds is 13. The lowest BCUT2D eigenvalue weighted by molar-refractivity contribution is -0.858. The lowest BCUT2D eigenvalue weighted by Gasteiger charge is -2.10. The van der Waals surface area contributed by atoms with E-state index in [1.54, 1.807) is 0 Å². The standard InChI is InChI=1S/C16H34N2O2/c1-4-5-6-7-10-15(19)11-8-12-16(20)17-13-9-14-18(2)3/h15,19H,4-14H2,1-3H3,(H,17,20)/p+1. The summed E-state index contributed by atoms with van der Waals surface area (Å²) in [5.41, 5.74) is 0. The molecule has 1 amide bonds. The number of quaternary nitrogens is 1. The van der Waals surface area contributed by atoms with Crippen molar-refractivity contribution in [3.63, 3.8) is 0 Å². The molecule has 0 aliphatic heterocycles. The lowest BCUT2D eigenvalue weighted by atomic mass is 10.0. The highest BCUT2D eigenvalue weighted by Gasteiger charge is 2.06. The van der Waals surface area contributed by atoms with Crippen molar-refractivity contribution in [1.29, 1.82) is 0 Å². The van der Waals surface area contributed by atoms with Crippen LogP contribution in [0.4, 0.5) is 0 Å². The Morgan fingerprint density at radius 1 is 1.10 bits per heavy atom. The molecule has 1 atom stereocenters. The van der Waals surface area contributed by atoms with Gasteiger partial charge in [-0.1, -0.05) is 32.6 Å². The van der Waals surface area contributed by atoms with Crippen LogP contribution in [-0.4, -0.2) is 44.3 Å². The Bertz CT molecular complexity index is 233. The molecule has 20 heavy (non-hydrogen) atoms. The van der Waals surface area contributed by atoms with Gasteiger partial charge in [-0.2, -0.15) is 0 Å². The van der Waals surface area contributed by atoms with Crippen LogP contribution in [0.2, 0.25) is 0 Å². The topological polar surface area (TPSA) is 53.8 Å². The molecule has 4 nitrogen and oxygen atoms in total. The molecule has 0 aromatic carbocycles. The maximum absolute atomic E-state index is 11.6. The first-order valence-corrected chi connectivity index (χ1v) is 8.30. The van der Waals surface area contributed by atoms with Gasteiger partial charge >= 0.3 is 0 Å². The lowest BCUT2D eigenvalue weighted by Crippen LogP contribution is -3.05. The number of hydrogen-bond acceptors (Lipinski definition) is 2. The highest BCUT2D eigenvalue weighted by Crippen LogP contribution is 2.10. The Morgan fingerprint density at radius 2 is 1.80 bits per heavy atom. The maximum Gasteiger partial charge on any atom is 0.219 e. The van der Waals surface area contributed by atoms with Crippen LogP contribution in [0.15, 0.2) is 0 Å². The van der Waals surface area contributed by atoms with Crippen LogP contribution in [0.5, 0.6) is 0 Å². The number of hydrogen-bond donors (Lipinski definition) is 3. The van der Waals surface area contributed by atoms with Crippen LogP contribution < -0.4 is 10.2 Å². The molecule has 4 heteroatoms. The summed E-state index contributed by atoms with van der Waals surface area (Å²) >= 11 is 0. The third-order valence-corrected chi connectivity index (χ3v) is 3.51. The van der Waals surface area contributed by atoms with Gasteiger partial charge in [-0.3, -0.25) is 4.79 Å². The summed E-state index contributed by atoms with van der Waals surface area (Å²) in [5.74, 6) is 0.122. The van der Waals surface area contributed by atoms with Crippen molar-refractivity contribution >= 4 is 5.91 Å². The molecule has 0 aliphatic carbocycles. The van der Waals surface area contributed by atoms with Gasteiger partial charge in [-0.25, -0.2) is 0 Å². The number of amides is 1. The van der Waals surface area contributed by atoms with E-state index in [0.29, 0.717) is 6.42 Å². The summed E-state index contributed by atoms with van der Waals surface area (Å²) in [7, 11) is 4.23. The summed E-state index contributed by atoms with van der Waals surface area (Å²) in [4.78, 5) is 13.0. The minimum atomic E-state index is -0.225. The minimum absolute atomic E-state index is 0.122. The van der Waals surface area contributed by atoms with Crippen molar-refractivity contribution < 1.29 is 14.8 Å². The fraction of sp³-hybridized carbons (Fsp3) is 0.938. The molecule has 3 N–H and O–H groups in total. The van der Waals surface area contributed by atoms with Crippen molar-refractivity contribution in [3.05, 3.63) is 0 Å². The number of nitrogens with one attached hydrogen (secondary N) is 2. The van der Waals surface area contributed by atoms with Gasteiger partial charge in [0.2, 0.25) is 5.91 Å². The first-order valence-electron chi connectivity index (χ1n) is 8.30. The van der Waals surface area contributed by atoms with Gasteiger partial charge in [0.25, 0.3) is 0 Å². The normalized spacial score (nSPS) is 12.7. The quantitative estimate of drug-likeness (QED) is 0.445. The third kappa shape index (κ3) is 13.8. The van der Waals surface area contributed by atoms with E-state index in [9.17, 15) is 9.90 Å². The largest absolute Gasteiger partial charge is 0.393 e. The van der Waals surface area contributed by atoms with E-state index in [4.69, 9.17) is 0 Å². The van der Waals surface area contributed by atoms with Crippen LogP contribution in [0.25, 0.3) is 0 Å². The van der Waals surface area contributed by atoms with Crippen LogP contribution in [-0.2, 0) is 4.79 Å². The second-order valence-corrected chi connectivity index (χ2v) is 6.06. The smallest absolute Gasteiger partial charge is 0.219 e. The fourth-order valence-corrected chi connectivity index (χ4v) is 2.21. The molecule has 0 saturated carbocycles. The van der Waals surface area contributed by atoms with Crippen LogP contribution in [0.3, 0.4) is 0 Å². The van der Waals surface area contributed by atoms with Gasteiger partial charge in [0.05, 0.1) is 26.7 Å². The average Bonchev–Trinajstić information content (AvgIpc) is 2.39. The molecule has 0 rings (SSSR count). The fourth-order valence-electron chi connectivity index (χ4n) is 2.21. The van der Waals surface area contributed by atoms with E-state index < -0.39 is 0 Å². The Hall–Kier alpha value is -0.610. The SMILES string of the molecule is CCCCCCC(O)CCCC(=O)NCCC[NH+](C)C. The van der Waals surface area contributed by atoms with Gasteiger partial charge < -0.3 is 15.3 Å². The molecule has 0 radical (unpaired) electrons. The van der Waals surface area contributed by atoms with E-state index in [2.05, 4.69) is 26.3 Å². The Kier molecular flexibility index (Phi) is 13.0. The zero-order valence-electron chi connectivity index (χ0n) is 13.7. The number of carbonyl (C=O) groups excluding carboxylic acids is 1. The second-order valence-electron chi connectivity index (χ2n) is 6.06. The third-order valence-electron chi connectivity index (χ3n) is 3.51. The summed E-state index contributed by atoms with van der Waals surface area (Å²) in [6.45, 7) is 4.04. The van der Waals surface area contributed by atoms with Crippen molar-refractivity contribution in [2.75, 3.05) is 27.2 Å². The van der Waals surface area contributed by atoms with E-state index in [1.165, 1.54) is 24.2 Å². The molecule has 0 saturated heterocycles. The first kappa shape index (κ1) is 19.4. The van der Waals surface area contributed by atoms with Crippen molar-refractivity contribution in [2.24, 2.45) is 0 Å². The molecule has 120 valence electrons. The number of carbonyl (C=O) groups is 1. The van der Waals surface area contributed by atoms with Crippen molar-refractivity contribution in [2.45, 2.75) is 70.8 Å². The first-order chi connectivity index (χ1) is 9.56. The van der Waals surface area contributed by atoms with Gasteiger partial charge in [-0.15, -0.1) is 0 Å². The molecule has 0 aromatic rings. The van der Waals surface area contributed by atoms with Crippen LogP contribution in [0, 0.1) is 0 Å². The highest BCUT2D eigenvalue weighted by atomic mass is 16.3. The molecule has 0 aromatic heterocycles. The summed E-state index contributed by atoms with van der Waals surface area (Å²) < 4.78 is 0. The molecule has 0 spiro atoms. The van der Waals surface area contributed by atoms with Gasteiger partial charge in [0.1, 0.15) is 0 Å². The second kappa shape index (κ2) is 13.4. The summed E-state index contributed by atoms with van der Waals surface area (Å²) in [6, 6.07) is 0. The van der Waals surface area contributed by atoms with Gasteiger partial charge in [0.15, 0.2) is 0 Å². The molecule has 0 aliphatic rings. The van der Waals surface area contributed by atoms with Crippen molar-refractivity contribution in [3.8, 4) is 0 Å². The molecular formula is C16H35N2O2+. The number of aliphatic hydroxyl groups is 1. The highest BCUT2D eigenvalue weighted by molar-refractivity contribution is 5.75. The van der Waals surface area contributed by atoms with Gasteiger partial charge in [-0.05, 0) is 19.3 Å². The Morgan fingerprint density at radius 3 is 2.45 bits per heavy atom. The monoisotopic (exact) mass is 287 g/mol.